The van der Waals surface area contributed by atoms with E-state index in [4.69, 9.17) is 4.74 Å². The number of amides is 1. The van der Waals surface area contributed by atoms with E-state index in [0.29, 0.717) is 49.1 Å². The van der Waals surface area contributed by atoms with Gasteiger partial charge in [-0.3, -0.25) is 4.79 Å². The molecule has 0 unspecified atom stereocenters. The maximum atomic E-state index is 12.9. The first kappa shape index (κ1) is 23.6. The maximum absolute atomic E-state index is 12.9. The molecule has 1 fully saturated rings. The van der Waals surface area contributed by atoms with Gasteiger partial charge in [0.25, 0.3) is 5.91 Å². The Labute approximate surface area is 197 Å². The van der Waals surface area contributed by atoms with Crippen LogP contribution in [0.5, 0.6) is 0 Å². The predicted molar refractivity (Wildman–Crippen MR) is 130 cm³/mol. The summed E-state index contributed by atoms with van der Waals surface area (Å²) in [7, 11) is -3.61. The zero-order valence-corrected chi connectivity index (χ0v) is 20.4. The molecule has 1 amide bonds. The normalized spacial score (nSPS) is 15.9. The van der Waals surface area contributed by atoms with Gasteiger partial charge in [-0.1, -0.05) is 37.3 Å². The van der Waals surface area contributed by atoms with Crippen LogP contribution in [-0.4, -0.2) is 49.5 Å². The third kappa shape index (κ3) is 4.86. The van der Waals surface area contributed by atoms with Gasteiger partial charge in [-0.05, 0) is 47.9 Å². The fourth-order valence-corrected chi connectivity index (χ4v) is 6.19. The maximum Gasteiger partial charge on any atom is 0.279 e. The minimum absolute atomic E-state index is 0.158. The summed E-state index contributed by atoms with van der Waals surface area (Å²) in [4.78, 5) is 18.0. The highest BCUT2D eigenvalue weighted by Gasteiger charge is 2.26. The third-order valence-electron chi connectivity index (χ3n) is 5.59. The van der Waals surface area contributed by atoms with Gasteiger partial charge in [0, 0.05) is 25.2 Å². The van der Waals surface area contributed by atoms with Crippen molar-refractivity contribution in [2.24, 2.45) is 4.99 Å². The Bertz CT molecular complexity index is 1350. The molecule has 3 aromatic rings. The number of thiazole rings is 1. The Morgan fingerprint density at radius 2 is 1.88 bits per heavy atom. The lowest BCUT2D eigenvalue weighted by Crippen LogP contribution is -2.40. The molecule has 1 aliphatic heterocycles. The molecule has 33 heavy (non-hydrogen) atoms. The smallest absolute Gasteiger partial charge is 0.279 e. The number of hydrogen-bond donors (Lipinski definition) is 0. The number of ether oxygens (including phenoxy) is 1. The van der Waals surface area contributed by atoms with Crippen LogP contribution < -0.4 is 4.80 Å². The van der Waals surface area contributed by atoms with Crippen molar-refractivity contribution in [2.45, 2.75) is 31.2 Å². The zero-order valence-electron chi connectivity index (χ0n) is 18.7. The molecule has 0 N–H and O–H groups in total. The summed E-state index contributed by atoms with van der Waals surface area (Å²) in [5.41, 5.74) is 2.56. The predicted octanol–water partition coefficient (Wildman–Crippen LogP) is 3.77. The van der Waals surface area contributed by atoms with E-state index < -0.39 is 15.9 Å². The van der Waals surface area contributed by atoms with E-state index in [0.717, 1.165) is 10.2 Å². The van der Waals surface area contributed by atoms with Crippen molar-refractivity contribution >= 4 is 37.5 Å². The number of sulfonamides is 1. The third-order valence-corrected chi connectivity index (χ3v) is 8.55. The Kier molecular flexibility index (Phi) is 6.94. The van der Waals surface area contributed by atoms with Crippen LogP contribution in [0.2, 0.25) is 0 Å². The highest BCUT2D eigenvalue weighted by atomic mass is 32.2. The number of benzene rings is 2. The van der Waals surface area contributed by atoms with Crippen LogP contribution in [-0.2, 0) is 21.3 Å². The van der Waals surface area contributed by atoms with E-state index >= 15 is 0 Å². The zero-order chi connectivity index (χ0) is 23.6. The van der Waals surface area contributed by atoms with Gasteiger partial charge in [0.15, 0.2) is 4.80 Å². The van der Waals surface area contributed by atoms with Crippen LogP contribution in [0.15, 0.2) is 65.0 Å². The molecule has 0 spiro atoms. The minimum atomic E-state index is -3.61. The molecule has 2 aromatic carbocycles. The van der Waals surface area contributed by atoms with Gasteiger partial charge in [0.2, 0.25) is 10.0 Å². The molecule has 0 aliphatic carbocycles. The molecule has 7 nitrogen and oxygen atoms in total. The largest absolute Gasteiger partial charge is 0.379 e. The molecule has 4 rings (SSSR count). The van der Waals surface area contributed by atoms with E-state index in [1.807, 2.05) is 4.57 Å². The van der Waals surface area contributed by atoms with Crippen LogP contribution in [0.1, 0.15) is 35.7 Å². The van der Waals surface area contributed by atoms with Crippen molar-refractivity contribution in [1.82, 2.24) is 8.87 Å². The fourth-order valence-electron chi connectivity index (χ4n) is 3.70. The summed E-state index contributed by atoms with van der Waals surface area (Å²) >= 11 is 1.46. The molecule has 1 aliphatic rings. The number of fused-ring (bicyclic) bond motifs is 1. The lowest BCUT2D eigenvalue weighted by Gasteiger charge is -2.26. The molecule has 1 saturated heterocycles. The van der Waals surface area contributed by atoms with Crippen LogP contribution in [0, 0.1) is 0 Å². The molecule has 0 radical (unpaired) electrons. The summed E-state index contributed by atoms with van der Waals surface area (Å²) in [6, 6.07) is 12.2. The number of allylic oxidation sites excluding steroid dienone is 1. The summed E-state index contributed by atoms with van der Waals surface area (Å²) in [5, 5.41) is 0. The monoisotopic (exact) mass is 485 g/mol. The second-order valence-corrected chi connectivity index (χ2v) is 11.1. The summed E-state index contributed by atoms with van der Waals surface area (Å²) in [6.45, 7) is 10.1. The Morgan fingerprint density at radius 3 is 2.52 bits per heavy atom. The first-order valence-corrected chi connectivity index (χ1v) is 13.1. The molecule has 2 heterocycles. The Balaban J connectivity index is 1.66. The molecule has 0 atom stereocenters. The van der Waals surface area contributed by atoms with E-state index in [-0.39, 0.29) is 4.90 Å². The van der Waals surface area contributed by atoms with Crippen molar-refractivity contribution in [3.8, 4) is 0 Å². The van der Waals surface area contributed by atoms with Crippen LogP contribution in [0.3, 0.4) is 0 Å². The van der Waals surface area contributed by atoms with Gasteiger partial charge in [0.05, 0.1) is 28.3 Å². The van der Waals surface area contributed by atoms with Crippen molar-refractivity contribution in [2.75, 3.05) is 26.3 Å². The Morgan fingerprint density at radius 1 is 1.18 bits per heavy atom. The number of hydrogen-bond acceptors (Lipinski definition) is 5. The first-order chi connectivity index (χ1) is 15.8. The molecule has 174 valence electrons. The molecule has 9 heteroatoms. The molecular weight excluding hydrogens is 458 g/mol. The molecular formula is C24H27N3O4S2. The summed E-state index contributed by atoms with van der Waals surface area (Å²) in [5.74, 6) is -0.0163. The van der Waals surface area contributed by atoms with Crippen LogP contribution >= 0.6 is 11.3 Å². The first-order valence-electron chi connectivity index (χ1n) is 10.8. The van der Waals surface area contributed by atoms with Gasteiger partial charge >= 0.3 is 0 Å². The standard InChI is InChI=1S/C24H27N3O4S2/c1-4-11-27-21-10-7-19(17(2)3)16-22(21)32-24(27)25-23(28)18-5-8-20(9-6-18)33(29,30)26-12-14-31-15-13-26/h4-10,16-17H,1,11-15H2,2-3H3. The number of carbonyl (C=O) groups excluding carboxylic acids is 1. The van der Waals surface area contributed by atoms with E-state index in [2.05, 4.69) is 43.6 Å². The van der Waals surface area contributed by atoms with E-state index in [1.165, 1.54) is 45.5 Å². The lowest BCUT2D eigenvalue weighted by molar-refractivity contribution is 0.0730. The fraction of sp³-hybridized carbons (Fsp3) is 0.333. The number of aromatic nitrogens is 1. The minimum Gasteiger partial charge on any atom is -0.379 e. The number of carbonyl (C=O) groups is 1. The van der Waals surface area contributed by atoms with E-state index in [9.17, 15) is 13.2 Å². The van der Waals surface area contributed by atoms with Crippen molar-refractivity contribution in [1.29, 1.82) is 0 Å². The molecule has 0 saturated carbocycles. The lowest BCUT2D eigenvalue weighted by atomic mass is 10.0. The molecule has 1 aromatic heterocycles. The van der Waals surface area contributed by atoms with Crippen molar-refractivity contribution in [3.63, 3.8) is 0 Å². The second-order valence-electron chi connectivity index (χ2n) is 8.12. The highest BCUT2D eigenvalue weighted by molar-refractivity contribution is 7.89. The SMILES string of the molecule is C=CCn1c(=NC(=O)c2ccc(S(=O)(=O)N3CCOCC3)cc2)sc2cc(C(C)C)ccc21. The van der Waals surface area contributed by atoms with Crippen LogP contribution in [0.25, 0.3) is 10.2 Å². The van der Waals surface area contributed by atoms with Gasteiger partial charge in [-0.15, -0.1) is 6.58 Å². The Hall–Kier alpha value is -2.59. The van der Waals surface area contributed by atoms with Gasteiger partial charge in [0.1, 0.15) is 0 Å². The molecule has 0 bridgehead atoms. The topological polar surface area (TPSA) is 81.0 Å². The summed E-state index contributed by atoms with van der Waals surface area (Å²) < 4.78 is 35.3. The average molecular weight is 486 g/mol. The van der Waals surface area contributed by atoms with Crippen molar-refractivity contribution < 1.29 is 17.9 Å². The van der Waals surface area contributed by atoms with Gasteiger partial charge in [-0.25, -0.2) is 8.42 Å². The number of nitrogens with zero attached hydrogens (tertiary/aromatic N) is 3. The highest BCUT2D eigenvalue weighted by Crippen LogP contribution is 2.24. The van der Waals surface area contributed by atoms with Crippen molar-refractivity contribution in [3.05, 3.63) is 71.0 Å². The quantitative estimate of drug-likeness (QED) is 0.498. The van der Waals surface area contributed by atoms with E-state index in [1.54, 1.807) is 6.08 Å². The van der Waals surface area contributed by atoms with Crippen LogP contribution in [0.4, 0.5) is 0 Å². The number of rotatable bonds is 6. The number of morpholine rings is 1. The average Bonchev–Trinajstić information content (AvgIpc) is 3.16. The second kappa shape index (κ2) is 9.72. The summed E-state index contributed by atoms with van der Waals surface area (Å²) in [6.07, 6.45) is 1.78. The van der Waals surface area contributed by atoms with Gasteiger partial charge in [-0.2, -0.15) is 9.30 Å². The van der Waals surface area contributed by atoms with Gasteiger partial charge < -0.3 is 9.30 Å².